The number of hydrogen-bond acceptors (Lipinski definition) is 5. The van der Waals surface area contributed by atoms with Crippen LogP contribution in [0.4, 0.5) is 23.2 Å². The van der Waals surface area contributed by atoms with Crippen molar-refractivity contribution in [1.82, 2.24) is 0 Å². The summed E-state index contributed by atoms with van der Waals surface area (Å²) >= 11 is 6.10. The van der Waals surface area contributed by atoms with Crippen LogP contribution in [0.25, 0.3) is 11.6 Å². The number of ether oxygens (including phenoxy) is 3. The summed E-state index contributed by atoms with van der Waals surface area (Å²) in [5.41, 5.74) is 0.0245. The number of benzene rings is 3. The first-order chi connectivity index (χ1) is 19.4. The third-order valence-electron chi connectivity index (χ3n) is 5.94. The molecule has 0 N–H and O–H groups in total. The molecule has 0 radical (unpaired) electrons. The molecule has 0 aromatic heterocycles. The summed E-state index contributed by atoms with van der Waals surface area (Å²) in [7, 11) is -2.75. The molecule has 1 aliphatic heterocycles. The van der Waals surface area contributed by atoms with E-state index in [0.717, 1.165) is 22.6 Å². The van der Waals surface area contributed by atoms with Crippen LogP contribution in [0, 0.1) is 11.6 Å². The third kappa shape index (κ3) is 7.53. The zero-order valence-corrected chi connectivity index (χ0v) is 24.0. The van der Waals surface area contributed by atoms with Gasteiger partial charge in [0.1, 0.15) is 29.6 Å². The van der Waals surface area contributed by atoms with Crippen molar-refractivity contribution in [2.45, 2.75) is 31.8 Å². The number of anilines is 1. The zero-order valence-electron chi connectivity index (χ0n) is 22.5. The standard InChI is InChI=1S/C24H18ClF4NO4S.C5H10O/c1-14(21-18(25)6-3-7-19(21)26)12-15-8-9-20-23(22(15)27)30(10-11-33-20)35(31,32)17-5-2-4-16(13-17)34-24(28)29;1-4-5(2)6-3/h2-9,12-13,24H,10-11H2,1H3;2,4H2,1,3H3/b14-12+;. The van der Waals surface area contributed by atoms with E-state index < -0.39 is 28.3 Å². The summed E-state index contributed by atoms with van der Waals surface area (Å²) in [6.07, 6.45) is 2.26. The molecule has 1 aliphatic rings. The Balaban J connectivity index is 0.000000696. The van der Waals surface area contributed by atoms with Crippen LogP contribution in [-0.2, 0) is 14.8 Å². The van der Waals surface area contributed by atoms with Gasteiger partial charge in [0.25, 0.3) is 10.0 Å². The van der Waals surface area contributed by atoms with Gasteiger partial charge in [-0.05, 0) is 55.0 Å². The number of nitrogens with zero attached hydrogens (tertiary/aromatic N) is 1. The highest BCUT2D eigenvalue weighted by Gasteiger charge is 2.34. The average molecular weight is 614 g/mol. The Bertz CT molecular complexity index is 1520. The van der Waals surface area contributed by atoms with E-state index in [1.54, 1.807) is 14.0 Å². The van der Waals surface area contributed by atoms with Crippen molar-refractivity contribution in [3.63, 3.8) is 0 Å². The van der Waals surface area contributed by atoms with E-state index in [4.69, 9.17) is 21.1 Å². The molecule has 0 saturated carbocycles. The van der Waals surface area contributed by atoms with Crippen molar-refractivity contribution in [2.24, 2.45) is 0 Å². The van der Waals surface area contributed by atoms with E-state index in [2.05, 4.69) is 11.3 Å². The predicted molar refractivity (Wildman–Crippen MR) is 151 cm³/mol. The molecule has 3 aromatic rings. The Morgan fingerprint density at radius 2 is 1.88 bits per heavy atom. The van der Waals surface area contributed by atoms with Crippen molar-refractivity contribution in [3.05, 3.63) is 94.7 Å². The summed E-state index contributed by atoms with van der Waals surface area (Å²) in [4.78, 5) is -0.363. The Hall–Kier alpha value is -3.70. The van der Waals surface area contributed by atoms with Crippen LogP contribution in [0.1, 0.15) is 31.4 Å². The molecule has 12 heteroatoms. The van der Waals surface area contributed by atoms with Gasteiger partial charge in [-0.25, -0.2) is 17.2 Å². The normalized spacial score (nSPS) is 13.1. The fraction of sp³-hybridized carbons (Fsp3) is 0.241. The predicted octanol–water partition coefficient (Wildman–Crippen LogP) is 7.92. The Kier molecular flexibility index (Phi) is 10.7. The van der Waals surface area contributed by atoms with Crippen molar-refractivity contribution in [1.29, 1.82) is 0 Å². The van der Waals surface area contributed by atoms with E-state index in [9.17, 15) is 21.6 Å². The molecule has 6 nitrogen and oxygen atoms in total. The van der Waals surface area contributed by atoms with Gasteiger partial charge >= 0.3 is 6.61 Å². The van der Waals surface area contributed by atoms with E-state index in [-0.39, 0.29) is 51.4 Å². The van der Waals surface area contributed by atoms with Crippen molar-refractivity contribution >= 4 is 39.0 Å². The van der Waals surface area contributed by atoms with Crippen LogP contribution in [0.2, 0.25) is 5.02 Å². The lowest BCUT2D eigenvalue weighted by atomic mass is 10.0. The van der Waals surface area contributed by atoms with Gasteiger partial charge in [0.05, 0.1) is 29.3 Å². The van der Waals surface area contributed by atoms with Crippen molar-refractivity contribution < 1.29 is 40.2 Å². The smallest absolute Gasteiger partial charge is 0.387 e. The second-order valence-corrected chi connectivity index (χ2v) is 10.9. The molecular weight excluding hydrogens is 586 g/mol. The monoisotopic (exact) mass is 613 g/mol. The number of hydrogen-bond donors (Lipinski definition) is 0. The molecular formula is C29H28ClF4NO5S. The summed E-state index contributed by atoms with van der Waals surface area (Å²) in [6, 6.07) is 11.5. The maximum Gasteiger partial charge on any atom is 0.387 e. The van der Waals surface area contributed by atoms with Gasteiger partial charge < -0.3 is 14.2 Å². The van der Waals surface area contributed by atoms with Crippen LogP contribution < -0.4 is 13.8 Å². The zero-order chi connectivity index (χ0) is 30.3. The molecule has 0 amide bonds. The van der Waals surface area contributed by atoms with Gasteiger partial charge in [-0.2, -0.15) is 8.78 Å². The maximum atomic E-state index is 15.7. The van der Waals surface area contributed by atoms with Gasteiger partial charge in [-0.15, -0.1) is 0 Å². The number of rotatable bonds is 8. The van der Waals surface area contributed by atoms with Gasteiger partial charge in [0.15, 0.2) is 5.82 Å². The van der Waals surface area contributed by atoms with E-state index in [0.29, 0.717) is 5.57 Å². The van der Waals surface area contributed by atoms with Crippen LogP contribution in [0.15, 0.2) is 71.8 Å². The molecule has 0 fully saturated rings. The molecule has 220 valence electrons. The largest absolute Gasteiger partial charge is 0.502 e. The first kappa shape index (κ1) is 31.8. The van der Waals surface area contributed by atoms with E-state index in [1.165, 1.54) is 54.6 Å². The summed E-state index contributed by atoms with van der Waals surface area (Å²) in [5, 5.41) is 0.135. The number of fused-ring (bicyclic) bond motifs is 1. The van der Waals surface area contributed by atoms with Gasteiger partial charge in [-0.3, -0.25) is 4.31 Å². The Morgan fingerprint density at radius 3 is 2.49 bits per heavy atom. The summed E-state index contributed by atoms with van der Waals surface area (Å²) in [6.45, 7) is 3.69. The van der Waals surface area contributed by atoms with Crippen LogP contribution in [0.3, 0.4) is 0 Å². The second kappa shape index (κ2) is 13.8. The Labute approximate surface area is 241 Å². The molecule has 0 aliphatic carbocycles. The topological polar surface area (TPSA) is 65.1 Å². The van der Waals surface area contributed by atoms with Crippen LogP contribution in [0.5, 0.6) is 11.5 Å². The third-order valence-corrected chi connectivity index (χ3v) is 8.05. The van der Waals surface area contributed by atoms with E-state index >= 15 is 4.39 Å². The SMILES string of the molecule is C/C(=C\c1ccc2c(c1F)N(S(=O)(=O)c1cccc(OC(F)F)c1)CCO2)c1c(F)cccc1Cl.C=C(CC)OC. The summed E-state index contributed by atoms with van der Waals surface area (Å²) in [5.74, 6) is -1.05. The lowest BCUT2D eigenvalue weighted by Crippen LogP contribution is -2.38. The number of halogens is 5. The average Bonchev–Trinajstić information content (AvgIpc) is 2.94. The quantitative estimate of drug-likeness (QED) is 0.147. The fourth-order valence-corrected chi connectivity index (χ4v) is 5.68. The molecule has 3 aromatic carbocycles. The Morgan fingerprint density at radius 1 is 1.17 bits per heavy atom. The molecule has 0 saturated heterocycles. The van der Waals surface area contributed by atoms with Crippen LogP contribution >= 0.6 is 11.6 Å². The second-order valence-electron chi connectivity index (χ2n) is 8.61. The molecule has 41 heavy (non-hydrogen) atoms. The minimum absolute atomic E-state index is 0.0176. The lowest BCUT2D eigenvalue weighted by molar-refractivity contribution is -0.0499. The molecule has 1 heterocycles. The minimum atomic E-state index is -4.38. The van der Waals surface area contributed by atoms with Gasteiger partial charge in [0, 0.05) is 23.6 Å². The van der Waals surface area contributed by atoms with Gasteiger partial charge in [-0.1, -0.05) is 37.2 Å². The van der Waals surface area contributed by atoms with Crippen LogP contribution in [-0.4, -0.2) is 35.3 Å². The minimum Gasteiger partial charge on any atom is -0.502 e. The molecule has 0 spiro atoms. The molecule has 0 unspecified atom stereocenters. The molecule has 4 rings (SSSR count). The van der Waals surface area contributed by atoms with E-state index in [1.807, 2.05) is 6.92 Å². The summed E-state index contributed by atoms with van der Waals surface area (Å²) < 4.78 is 97.2. The van der Waals surface area contributed by atoms with Gasteiger partial charge in [0.2, 0.25) is 0 Å². The highest BCUT2D eigenvalue weighted by Crippen LogP contribution is 2.40. The number of sulfonamides is 1. The fourth-order valence-electron chi connectivity index (χ4n) is 3.88. The first-order valence-corrected chi connectivity index (χ1v) is 14.1. The number of alkyl halides is 2. The lowest BCUT2D eigenvalue weighted by Gasteiger charge is -2.31. The highest BCUT2D eigenvalue weighted by atomic mass is 35.5. The first-order valence-electron chi connectivity index (χ1n) is 12.3. The van der Waals surface area contributed by atoms with Crippen molar-refractivity contribution in [2.75, 3.05) is 24.6 Å². The molecule has 0 bridgehead atoms. The number of allylic oxidation sites excluding steroid dienone is 2. The highest BCUT2D eigenvalue weighted by molar-refractivity contribution is 7.92. The number of methoxy groups -OCH3 is 1. The van der Waals surface area contributed by atoms with Crippen molar-refractivity contribution in [3.8, 4) is 11.5 Å². The molecule has 0 atom stereocenters. The maximum absolute atomic E-state index is 15.7.